The molecule has 0 aliphatic heterocycles. The van der Waals surface area contributed by atoms with Crippen molar-refractivity contribution in [3.8, 4) is 5.75 Å². The highest BCUT2D eigenvalue weighted by molar-refractivity contribution is 5.88. The standard InChI is InChI=1S/C27H49N7O4/c1-3-4-5-14-32-26(38)23(18-21-9-11-22(35)12-10-21)33-24(36)7-6-8-25(37)34-27(2,19-29)20-31-17-16-30-15-13-28/h9-12,23,30-31,35H,3-8,13-20,28-29H2,1-2H3,(H,32,38)(H,33,36)(H,34,37). The van der Waals surface area contributed by atoms with Gasteiger partial charge in [0.2, 0.25) is 17.7 Å². The van der Waals surface area contributed by atoms with Crippen LogP contribution in [0.2, 0.25) is 0 Å². The van der Waals surface area contributed by atoms with Crippen LogP contribution >= 0.6 is 0 Å². The zero-order valence-electron chi connectivity index (χ0n) is 23.1. The second-order valence-corrected chi connectivity index (χ2v) is 9.87. The SMILES string of the molecule is CCCCCNC(=O)C(Cc1ccc(O)cc1)NC(=O)CCCC(=O)NC(C)(CN)CNCCNCCN. The molecule has 3 amide bonds. The largest absolute Gasteiger partial charge is 0.508 e. The molecule has 0 heterocycles. The van der Waals surface area contributed by atoms with E-state index >= 15 is 0 Å². The summed E-state index contributed by atoms with van der Waals surface area (Å²) >= 11 is 0. The van der Waals surface area contributed by atoms with Crippen LogP contribution in [-0.4, -0.2) is 80.2 Å². The highest BCUT2D eigenvalue weighted by Gasteiger charge is 2.25. The van der Waals surface area contributed by atoms with Crippen LogP contribution in [0, 0.1) is 0 Å². The first-order valence-corrected chi connectivity index (χ1v) is 13.7. The van der Waals surface area contributed by atoms with Crippen molar-refractivity contribution in [1.29, 1.82) is 0 Å². The van der Waals surface area contributed by atoms with E-state index in [0.717, 1.165) is 44.5 Å². The number of nitrogens with two attached hydrogens (primary N) is 2. The Morgan fingerprint density at radius 3 is 2.26 bits per heavy atom. The van der Waals surface area contributed by atoms with Crippen molar-refractivity contribution in [1.82, 2.24) is 26.6 Å². The van der Waals surface area contributed by atoms with Crippen molar-refractivity contribution in [3.63, 3.8) is 0 Å². The zero-order valence-corrected chi connectivity index (χ0v) is 23.1. The van der Waals surface area contributed by atoms with E-state index in [-0.39, 0.29) is 42.9 Å². The molecule has 0 aliphatic carbocycles. The predicted molar refractivity (Wildman–Crippen MR) is 151 cm³/mol. The van der Waals surface area contributed by atoms with E-state index in [2.05, 4.69) is 33.5 Å². The molecule has 1 aromatic carbocycles. The maximum atomic E-state index is 12.8. The molecule has 11 nitrogen and oxygen atoms in total. The lowest BCUT2D eigenvalue weighted by Crippen LogP contribution is -2.57. The molecule has 0 spiro atoms. The van der Waals surface area contributed by atoms with E-state index in [0.29, 0.717) is 32.5 Å². The van der Waals surface area contributed by atoms with Gasteiger partial charge in [0.25, 0.3) is 0 Å². The summed E-state index contributed by atoms with van der Waals surface area (Å²) in [5, 5.41) is 24.7. The van der Waals surface area contributed by atoms with E-state index in [1.807, 2.05) is 6.92 Å². The molecule has 0 saturated carbocycles. The summed E-state index contributed by atoms with van der Waals surface area (Å²) in [7, 11) is 0. The van der Waals surface area contributed by atoms with Crippen LogP contribution in [0.15, 0.2) is 24.3 Å². The monoisotopic (exact) mass is 535 g/mol. The molecule has 216 valence electrons. The number of unbranched alkanes of at least 4 members (excludes halogenated alkanes) is 2. The second-order valence-electron chi connectivity index (χ2n) is 9.87. The first-order valence-electron chi connectivity index (χ1n) is 13.7. The summed E-state index contributed by atoms with van der Waals surface area (Å²) in [6.45, 7) is 8.14. The van der Waals surface area contributed by atoms with Gasteiger partial charge in [-0.1, -0.05) is 31.9 Å². The second kappa shape index (κ2) is 19.4. The predicted octanol–water partition coefficient (Wildman–Crippen LogP) is -0.132. The van der Waals surface area contributed by atoms with Gasteiger partial charge >= 0.3 is 0 Å². The fourth-order valence-corrected chi connectivity index (χ4v) is 3.80. The summed E-state index contributed by atoms with van der Waals surface area (Å²) in [4.78, 5) is 37.9. The number of amides is 3. The van der Waals surface area contributed by atoms with Crippen LogP contribution in [0.5, 0.6) is 5.75 Å². The van der Waals surface area contributed by atoms with Crippen LogP contribution in [0.25, 0.3) is 0 Å². The lowest BCUT2D eigenvalue weighted by atomic mass is 10.0. The van der Waals surface area contributed by atoms with Crippen molar-refractivity contribution in [2.75, 3.05) is 45.8 Å². The molecular formula is C27H49N7O4. The number of phenols is 1. The van der Waals surface area contributed by atoms with Crippen LogP contribution in [0.4, 0.5) is 0 Å². The third-order valence-electron chi connectivity index (χ3n) is 6.12. The Hall–Kier alpha value is -2.73. The van der Waals surface area contributed by atoms with Gasteiger partial charge in [0.05, 0.1) is 5.54 Å². The quantitative estimate of drug-likeness (QED) is 0.100. The molecule has 0 aromatic heterocycles. The fraction of sp³-hybridized carbons (Fsp3) is 0.667. The Morgan fingerprint density at radius 1 is 0.921 bits per heavy atom. The number of phenolic OH excluding ortho intramolecular Hbond substituents is 1. The van der Waals surface area contributed by atoms with Crippen molar-refractivity contribution in [3.05, 3.63) is 29.8 Å². The third kappa shape index (κ3) is 14.9. The topological polar surface area (TPSA) is 184 Å². The molecule has 2 unspecified atom stereocenters. The van der Waals surface area contributed by atoms with Gasteiger partial charge in [-0.2, -0.15) is 0 Å². The molecule has 38 heavy (non-hydrogen) atoms. The Labute approximate surface area is 227 Å². The molecule has 10 N–H and O–H groups in total. The maximum Gasteiger partial charge on any atom is 0.242 e. The molecule has 0 radical (unpaired) electrons. The number of carbonyl (C=O) groups is 3. The summed E-state index contributed by atoms with van der Waals surface area (Å²) in [5.41, 5.74) is 11.6. The third-order valence-corrected chi connectivity index (χ3v) is 6.12. The lowest BCUT2D eigenvalue weighted by Gasteiger charge is -2.30. The minimum atomic E-state index is -0.742. The van der Waals surface area contributed by atoms with E-state index < -0.39 is 11.6 Å². The molecular weight excluding hydrogens is 486 g/mol. The average Bonchev–Trinajstić information content (AvgIpc) is 2.89. The van der Waals surface area contributed by atoms with Crippen molar-refractivity contribution in [2.24, 2.45) is 11.5 Å². The van der Waals surface area contributed by atoms with Gasteiger partial charge < -0.3 is 43.2 Å². The van der Waals surface area contributed by atoms with Gasteiger partial charge in [0.1, 0.15) is 11.8 Å². The number of carbonyl (C=O) groups excluding carboxylic acids is 3. The molecule has 0 fully saturated rings. The van der Waals surface area contributed by atoms with Crippen molar-refractivity contribution < 1.29 is 19.5 Å². The number of nitrogens with one attached hydrogen (secondary N) is 5. The number of hydrogen-bond donors (Lipinski definition) is 8. The Balaban J connectivity index is 2.52. The van der Waals surface area contributed by atoms with Gasteiger partial charge in [-0.3, -0.25) is 14.4 Å². The summed E-state index contributed by atoms with van der Waals surface area (Å²) in [6.07, 6.45) is 3.88. The van der Waals surface area contributed by atoms with E-state index in [9.17, 15) is 19.5 Å². The van der Waals surface area contributed by atoms with Crippen molar-refractivity contribution in [2.45, 2.75) is 70.4 Å². The summed E-state index contributed by atoms with van der Waals surface area (Å²) in [6, 6.07) is 5.81. The maximum absolute atomic E-state index is 12.8. The smallest absolute Gasteiger partial charge is 0.242 e. The Bertz CT molecular complexity index is 822. The summed E-state index contributed by atoms with van der Waals surface area (Å²) < 4.78 is 0. The summed E-state index contributed by atoms with van der Waals surface area (Å²) in [5.74, 6) is -0.580. The molecule has 11 heteroatoms. The van der Waals surface area contributed by atoms with Gasteiger partial charge in [0, 0.05) is 65.1 Å². The van der Waals surface area contributed by atoms with Gasteiger partial charge in [-0.25, -0.2) is 0 Å². The van der Waals surface area contributed by atoms with Crippen LogP contribution in [0.1, 0.15) is 57.9 Å². The normalized spacial score (nSPS) is 13.4. The first kappa shape index (κ1) is 33.3. The number of hydrogen-bond acceptors (Lipinski definition) is 8. The van der Waals surface area contributed by atoms with Crippen molar-refractivity contribution >= 4 is 17.7 Å². The van der Waals surface area contributed by atoms with E-state index in [1.165, 1.54) is 0 Å². The molecule has 0 bridgehead atoms. The van der Waals surface area contributed by atoms with Gasteiger partial charge in [-0.05, 0) is 37.5 Å². The van der Waals surface area contributed by atoms with E-state index in [4.69, 9.17) is 11.5 Å². The minimum absolute atomic E-state index is 0.118. The minimum Gasteiger partial charge on any atom is -0.508 e. The van der Waals surface area contributed by atoms with Crippen LogP contribution < -0.4 is 38.1 Å². The Kier molecular flexibility index (Phi) is 17.0. The van der Waals surface area contributed by atoms with Gasteiger partial charge in [0.15, 0.2) is 0 Å². The first-order chi connectivity index (χ1) is 18.2. The number of benzene rings is 1. The van der Waals surface area contributed by atoms with E-state index in [1.54, 1.807) is 24.3 Å². The fourth-order valence-electron chi connectivity index (χ4n) is 3.80. The lowest BCUT2D eigenvalue weighted by molar-refractivity contribution is -0.129. The zero-order chi connectivity index (χ0) is 28.2. The highest BCUT2D eigenvalue weighted by atomic mass is 16.3. The van der Waals surface area contributed by atoms with Crippen LogP contribution in [-0.2, 0) is 20.8 Å². The number of rotatable bonds is 21. The number of aromatic hydroxyl groups is 1. The molecule has 0 saturated heterocycles. The highest BCUT2D eigenvalue weighted by Crippen LogP contribution is 2.12. The molecule has 0 aliphatic rings. The van der Waals surface area contributed by atoms with Crippen LogP contribution in [0.3, 0.4) is 0 Å². The Morgan fingerprint density at radius 2 is 1.61 bits per heavy atom. The molecule has 1 aromatic rings. The molecule has 1 rings (SSSR count). The average molecular weight is 536 g/mol. The molecule has 2 atom stereocenters. The van der Waals surface area contributed by atoms with Gasteiger partial charge in [-0.15, -0.1) is 0 Å².